The number of hydrogen-bond donors (Lipinski definition) is 2. The molecule has 0 aliphatic carbocycles. The van der Waals surface area contributed by atoms with Crippen molar-refractivity contribution in [2.75, 3.05) is 19.5 Å². The predicted octanol–water partition coefficient (Wildman–Crippen LogP) is 3.24. The number of nitrogens with zero attached hydrogens (tertiary/aromatic N) is 2. The second-order valence-corrected chi connectivity index (χ2v) is 6.52. The summed E-state index contributed by atoms with van der Waals surface area (Å²) in [6.07, 6.45) is 4.24. The van der Waals surface area contributed by atoms with E-state index in [1.807, 2.05) is 19.1 Å². The summed E-state index contributed by atoms with van der Waals surface area (Å²) >= 11 is 1.15. The molecule has 0 unspecified atom stereocenters. The lowest BCUT2D eigenvalue weighted by Gasteiger charge is -2.10. The van der Waals surface area contributed by atoms with Crippen LogP contribution in [0.2, 0.25) is 0 Å². The number of nitrogen functional groups attached to an aromatic ring is 1. The second kappa shape index (κ2) is 9.76. The van der Waals surface area contributed by atoms with Crippen molar-refractivity contribution in [3.8, 4) is 11.5 Å². The number of carbonyl (C=O) groups excluding carboxylic acids is 1. The van der Waals surface area contributed by atoms with E-state index < -0.39 is 0 Å². The smallest absolute Gasteiger partial charge is 0.283 e. The van der Waals surface area contributed by atoms with Crippen molar-refractivity contribution < 1.29 is 14.3 Å². The number of hydrazone groups is 1. The Labute approximate surface area is 157 Å². The van der Waals surface area contributed by atoms with Crippen LogP contribution in [0.5, 0.6) is 11.5 Å². The summed E-state index contributed by atoms with van der Waals surface area (Å²) in [5.74, 6) is 0.994. The second-order valence-electron chi connectivity index (χ2n) is 5.49. The third-order valence-corrected chi connectivity index (χ3v) is 4.50. The lowest BCUT2D eigenvalue weighted by molar-refractivity contribution is 0.0958. The highest BCUT2D eigenvalue weighted by Gasteiger charge is 2.15. The van der Waals surface area contributed by atoms with Gasteiger partial charge in [0.2, 0.25) is 0 Å². The van der Waals surface area contributed by atoms with Crippen molar-refractivity contribution in [3.05, 3.63) is 34.3 Å². The normalized spacial score (nSPS) is 10.9. The van der Waals surface area contributed by atoms with E-state index in [2.05, 4.69) is 22.4 Å². The molecule has 26 heavy (non-hydrogen) atoms. The number of rotatable bonds is 9. The summed E-state index contributed by atoms with van der Waals surface area (Å²) in [5.41, 5.74) is 9.63. The number of thiazole rings is 1. The Kier molecular flexibility index (Phi) is 7.40. The van der Waals surface area contributed by atoms with Gasteiger partial charge in [-0.15, -0.1) is 0 Å². The van der Waals surface area contributed by atoms with Gasteiger partial charge in [0.1, 0.15) is 4.88 Å². The molecule has 8 heteroatoms. The lowest BCUT2D eigenvalue weighted by Crippen LogP contribution is -2.17. The van der Waals surface area contributed by atoms with Gasteiger partial charge in [-0.25, -0.2) is 10.4 Å². The van der Waals surface area contributed by atoms with Crippen LogP contribution in [0.25, 0.3) is 0 Å². The van der Waals surface area contributed by atoms with E-state index in [1.165, 1.54) is 0 Å². The van der Waals surface area contributed by atoms with E-state index >= 15 is 0 Å². The summed E-state index contributed by atoms with van der Waals surface area (Å²) in [4.78, 5) is 16.8. The zero-order valence-electron chi connectivity index (χ0n) is 15.2. The Hall–Kier alpha value is -2.61. The molecule has 0 saturated carbocycles. The molecule has 140 valence electrons. The highest BCUT2D eigenvalue weighted by molar-refractivity contribution is 7.17. The first kappa shape index (κ1) is 19.7. The van der Waals surface area contributed by atoms with Crippen LogP contribution in [0.4, 0.5) is 5.13 Å². The number of aromatic nitrogens is 1. The molecule has 2 rings (SSSR count). The standard InChI is InChI=1S/C18H24N4O3S/c1-4-6-9-25-14-8-7-12(10-15(14)24-3)11-20-22-17(23)16-13(5-2)21-18(19)26-16/h7-8,10-11H,4-6,9H2,1-3H3,(H2,19,21)(H,22,23). The topological polar surface area (TPSA) is 98.8 Å². The van der Waals surface area contributed by atoms with Gasteiger partial charge >= 0.3 is 0 Å². The Morgan fingerprint density at radius 2 is 2.19 bits per heavy atom. The Bertz CT molecular complexity index is 774. The Morgan fingerprint density at radius 3 is 2.88 bits per heavy atom. The number of unbranched alkanes of at least 4 members (excludes halogenated alkanes) is 1. The lowest BCUT2D eigenvalue weighted by atomic mass is 10.2. The number of amides is 1. The number of nitrogens with one attached hydrogen (secondary N) is 1. The van der Waals surface area contributed by atoms with E-state index in [0.717, 1.165) is 29.7 Å². The van der Waals surface area contributed by atoms with E-state index in [4.69, 9.17) is 15.2 Å². The molecule has 1 amide bonds. The van der Waals surface area contributed by atoms with Crippen LogP contribution in [0.15, 0.2) is 23.3 Å². The van der Waals surface area contributed by atoms with Gasteiger partial charge in [-0.3, -0.25) is 4.79 Å². The summed E-state index contributed by atoms with van der Waals surface area (Å²) in [7, 11) is 1.59. The van der Waals surface area contributed by atoms with Crippen LogP contribution in [0, 0.1) is 0 Å². The number of carbonyl (C=O) groups is 1. The molecule has 0 bridgehead atoms. The molecule has 0 atom stereocenters. The summed E-state index contributed by atoms with van der Waals surface area (Å²) in [6, 6.07) is 5.48. The maximum atomic E-state index is 12.2. The first-order chi connectivity index (χ1) is 12.6. The maximum absolute atomic E-state index is 12.2. The fourth-order valence-electron chi connectivity index (χ4n) is 2.21. The SMILES string of the molecule is CCCCOc1ccc(C=NNC(=O)c2sc(N)nc2CC)cc1OC. The fourth-order valence-corrected chi connectivity index (χ4v) is 3.02. The minimum absolute atomic E-state index is 0.321. The molecule has 3 N–H and O–H groups in total. The molecule has 0 radical (unpaired) electrons. The van der Waals surface area contributed by atoms with Crippen molar-refractivity contribution in [1.29, 1.82) is 0 Å². The van der Waals surface area contributed by atoms with E-state index in [9.17, 15) is 4.79 Å². The highest BCUT2D eigenvalue weighted by atomic mass is 32.1. The van der Waals surface area contributed by atoms with Crippen molar-refractivity contribution in [2.45, 2.75) is 33.1 Å². The first-order valence-corrected chi connectivity index (χ1v) is 9.30. The molecule has 0 saturated heterocycles. The van der Waals surface area contributed by atoms with Gasteiger partial charge in [-0.2, -0.15) is 5.10 Å². The number of anilines is 1. The molecule has 2 aromatic rings. The van der Waals surface area contributed by atoms with Gasteiger partial charge in [0.15, 0.2) is 16.6 Å². The minimum atomic E-state index is -0.321. The van der Waals surface area contributed by atoms with Crippen LogP contribution in [0.1, 0.15) is 47.6 Å². The average Bonchev–Trinajstić information content (AvgIpc) is 3.03. The van der Waals surface area contributed by atoms with Gasteiger partial charge in [-0.1, -0.05) is 31.6 Å². The molecule has 0 fully saturated rings. The molecule has 1 heterocycles. The fraction of sp³-hybridized carbons (Fsp3) is 0.389. The molecule has 1 aromatic heterocycles. The van der Waals surface area contributed by atoms with Gasteiger partial charge < -0.3 is 15.2 Å². The van der Waals surface area contributed by atoms with E-state index in [0.29, 0.717) is 40.2 Å². The summed E-state index contributed by atoms with van der Waals surface area (Å²) in [5, 5.41) is 4.37. The molecule has 0 aliphatic heterocycles. The Morgan fingerprint density at radius 1 is 1.38 bits per heavy atom. The van der Waals surface area contributed by atoms with Crippen molar-refractivity contribution in [2.24, 2.45) is 5.10 Å². The van der Waals surface area contributed by atoms with Crippen LogP contribution < -0.4 is 20.6 Å². The minimum Gasteiger partial charge on any atom is -0.493 e. The van der Waals surface area contributed by atoms with Crippen LogP contribution in [0.3, 0.4) is 0 Å². The summed E-state index contributed by atoms with van der Waals surface area (Å²) in [6.45, 7) is 4.68. The van der Waals surface area contributed by atoms with Gasteiger partial charge in [0.25, 0.3) is 5.91 Å². The largest absolute Gasteiger partial charge is 0.493 e. The zero-order chi connectivity index (χ0) is 18.9. The third-order valence-electron chi connectivity index (χ3n) is 3.58. The number of hydrogen-bond acceptors (Lipinski definition) is 7. The van der Waals surface area contributed by atoms with Crippen LogP contribution in [-0.2, 0) is 6.42 Å². The summed E-state index contributed by atoms with van der Waals surface area (Å²) < 4.78 is 11.0. The van der Waals surface area contributed by atoms with E-state index in [1.54, 1.807) is 19.4 Å². The Balaban J connectivity index is 2.02. The van der Waals surface area contributed by atoms with E-state index in [-0.39, 0.29) is 5.91 Å². The van der Waals surface area contributed by atoms with Crippen molar-refractivity contribution in [1.82, 2.24) is 10.4 Å². The zero-order valence-corrected chi connectivity index (χ0v) is 16.1. The number of nitrogens with two attached hydrogens (primary N) is 1. The number of benzene rings is 1. The molecular formula is C18H24N4O3S. The quantitative estimate of drug-likeness (QED) is 0.398. The molecule has 1 aromatic carbocycles. The number of aryl methyl sites for hydroxylation is 1. The monoisotopic (exact) mass is 376 g/mol. The molecule has 7 nitrogen and oxygen atoms in total. The predicted molar refractivity (Wildman–Crippen MR) is 104 cm³/mol. The highest BCUT2D eigenvalue weighted by Crippen LogP contribution is 2.27. The van der Waals surface area contributed by atoms with Gasteiger partial charge in [-0.05, 0) is 36.6 Å². The average molecular weight is 376 g/mol. The first-order valence-electron chi connectivity index (χ1n) is 8.48. The molecule has 0 spiro atoms. The van der Waals surface area contributed by atoms with Crippen LogP contribution in [-0.4, -0.2) is 30.8 Å². The molecular weight excluding hydrogens is 352 g/mol. The van der Waals surface area contributed by atoms with Gasteiger partial charge in [0.05, 0.1) is 25.6 Å². The number of methoxy groups -OCH3 is 1. The number of ether oxygens (including phenoxy) is 2. The molecule has 0 aliphatic rings. The third kappa shape index (κ3) is 5.19. The van der Waals surface area contributed by atoms with Gasteiger partial charge in [0, 0.05) is 0 Å². The van der Waals surface area contributed by atoms with Crippen molar-refractivity contribution >= 4 is 28.6 Å². The maximum Gasteiger partial charge on any atom is 0.283 e. The van der Waals surface area contributed by atoms with Crippen LogP contribution >= 0.6 is 11.3 Å². The van der Waals surface area contributed by atoms with Crippen molar-refractivity contribution in [3.63, 3.8) is 0 Å².